The first kappa shape index (κ1) is 15.6. The molecule has 0 saturated carbocycles. The van der Waals surface area contributed by atoms with Gasteiger partial charge in [0.25, 0.3) is 5.91 Å². The number of aryl methyl sites for hydroxylation is 2. The zero-order valence-corrected chi connectivity index (χ0v) is 13.2. The number of aliphatic hydroxyl groups is 1. The van der Waals surface area contributed by atoms with E-state index in [2.05, 4.69) is 5.32 Å². The standard InChI is InChI=1S/C19H21NO3/c1-23-17-9-7-14(8-10-17)18(21)12-20-19(22)16-6-5-13-3-2-4-15(13)11-16/h5-11,18,21H,2-4,12H2,1H3,(H,20,22). The van der Waals surface area contributed by atoms with Crippen LogP contribution in [-0.2, 0) is 12.8 Å². The highest BCUT2D eigenvalue weighted by Crippen LogP contribution is 2.23. The third-order valence-corrected chi connectivity index (χ3v) is 4.32. The van der Waals surface area contributed by atoms with Crippen LogP contribution in [0.15, 0.2) is 42.5 Å². The van der Waals surface area contributed by atoms with Gasteiger partial charge >= 0.3 is 0 Å². The third kappa shape index (κ3) is 3.54. The summed E-state index contributed by atoms with van der Waals surface area (Å²) in [5.74, 6) is 0.593. The summed E-state index contributed by atoms with van der Waals surface area (Å²) < 4.78 is 5.09. The van der Waals surface area contributed by atoms with Crippen LogP contribution in [0.5, 0.6) is 5.75 Å². The van der Waals surface area contributed by atoms with E-state index in [0.717, 1.165) is 30.6 Å². The minimum atomic E-state index is -0.737. The summed E-state index contributed by atoms with van der Waals surface area (Å²) in [4.78, 5) is 12.2. The summed E-state index contributed by atoms with van der Waals surface area (Å²) in [6.07, 6.45) is 2.58. The number of amides is 1. The number of fused-ring (bicyclic) bond motifs is 1. The van der Waals surface area contributed by atoms with Crippen LogP contribution >= 0.6 is 0 Å². The highest BCUT2D eigenvalue weighted by Gasteiger charge is 2.15. The smallest absolute Gasteiger partial charge is 0.251 e. The van der Waals surface area contributed by atoms with Crippen molar-refractivity contribution in [2.45, 2.75) is 25.4 Å². The number of carbonyl (C=O) groups is 1. The van der Waals surface area contributed by atoms with E-state index < -0.39 is 6.10 Å². The lowest BCUT2D eigenvalue weighted by atomic mass is 10.1. The fourth-order valence-electron chi connectivity index (χ4n) is 2.95. The van der Waals surface area contributed by atoms with Gasteiger partial charge in [0.1, 0.15) is 5.75 Å². The van der Waals surface area contributed by atoms with Crippen LogP contribution in [-0.4, -0.2) is 24.7 Å². The Morgan fingerprint density at radius 1 is 1.17 bits per heavy atom. The number of methoxy groups -OCH3 is 1. The summed E-state index contributed by atoms with van der Waals surface area (Å²) in [6, 6.07) is 13.0. The lowest BCUT2D eigenvalue weighted by Crippen LogP contribution is -2.28. The normalized spacial score (nSPS) is 14.2. The zero-order valence-electron chi connectivity index (χ0n) is 13.2. The first-order chi connectivity index (χ1) is 11.2. The van der Waals surface area contributed by atoms with E-state index in [1.165, 1.54) is 11.1 Å². The molecule has 2 aromatic carbocycles. The highest BCUT2D eigenvalue weighted by molar-refractivity contribution is 5.94. The van der Waals surface area contributed by atoms with Gasteiger partial charge in [-0.1, -0.05) is 18.2 Å². The lowest BCUT2D eigenvalue weighted by molar-refractivity contribution is 0.0916. The molecule has 2 aromatic rings. The Bertz CT molecular complexity index is 694. The van der Waals surface area contributed by atoms with Crippen molar-refractivity contribution in [2.24, 2.45) is 0 Å². The van der Waals surface area contributed by atoms with Crippen molar-refractivity contribution in [2.75, 3.05) is 13.7 Å². The monoisotopic (exact) mass is 311 g/mol. The molecule has 0 radical (unpaired) electrons. The van der Waals surface area contributed by atoms with E-state index in [1.54, 1.807) is 31.4 Å². The highest BCUT2D eigenvalue weighted by atomic mass is 16.5. The fourth-order valence-corrected chi connectivity index (χ4v) is 2.95. The van der Waals surface area contributed by atoms with Gasteiger partial charge in [-0.25, -0.2) is 0 Å². The van der Waals surface area contributed by atoms with Crippen molar-refractivity contribution in [1.29, 1.82) is 0 Å². The van der Waals surface area contributed by atoms with Crippen LogP contribution in [0.25, 0.3) is 0 Å². The molecule has 3 rings (SSSR count). The summed E-state index contributed by atoms with van der Waals surface area (Å²) >= 11 is 0. The summed E-state index contributed by atoms with van der Waals surface area (Å²) in [5, 5.41) is 13.0. The van der Waals surface area contributed by atoms with Gasteiger partial charge in [-0.3, -0.25) is 4.79 Å². The van der Waals surface area contributed by atoms with Crippen molar-refractivity contribution in [1.82, 2.24) is 5.32 Å². The molecule has 1 aliphatic rings. The number of nitrogens with one attached hydrogen (secondary N) is 1. The van der Waals surface area contributed by atoms with Crippen LogP contribution < -0.4 is 10.1 Å². The average Bonchev–Trinajstić information content (AvgIpc) is 3.07. The van der Waals surface area contributed by atoms with Crippen molar-refractivity contribution in [3.05, 3.63) is 64.7 Å². The molecule has 23 heavy (non-hydrogen) atoms. The fraction of sp³-hybridized carbons (Fsp3) is 0.316. The Balaban J connectivity index is 1.59. The Labute approximate surface area is 136 Å². The summed E-state index contributed by atoms with van der Waals surface area (Å²) in [5.41, 5.74) is 4.03. The molecule has 1 aliphatic carbocycles. The second-order valence-corrected chi connectivity index (χ2v) is 5.84. The zero-order chi connectivity index (χ0) is 16.2. The molecule has 1 amide bonds. The molecule has 0 bridgehead atoms. The molecule has 0 heterocycles. The molecule has 120 valence electrons. The predicted octanol–water partition coefficient (Wildman–Crippen LogP) is 2.65. The van der Waals surface area contributed by atoms with Crippen LogP contribution in [0.4, 0.5) is 0 Å². The number of aliphatic hydroxyl groups excluding tert-OH is 1. The second-order valence-electron chi connectivity index (χ2n) is 5.84. The van der Waals surface area contributed by atoms with Gasteiger partial charge in [-0.05, 0) is 60.2 Å². The quantitative estimate of drug-likeness (QED) is 0.892. The Morgan fingerprint density at radius 3 is 2.65 bits per heavy atom. The Hall–Kier alpha value is -2.33. The minimum Gasteiger partial charge on any atom is -0.497 e. The number of rotatable bonds is 5. The van der Waals surface area contributed by atoms with Crippen LogP contribution in [0.1, 0.15) is 39.6 Å². The van der Waals surface area contributed by atoms with Crippen LogP contribution in [0.3, 0.4) is 0 Å². The third-order valence-electron chi connectivity index (χ3n) is 4.32. The van der Waals surface area contributed by atoms with E-state index in [4.69, 9.17) is 4.74 Å². The molecule has 0 saturated heterocycles. The van der Waals surface area contributed by atoms with E-state index in [1.807, 2.05) is 18.2 Å². The molecule has 0 aromatic heterocycles. The molecular formula is C19H21NO3. The largest absolute Gasteiger partial charge is 0.497 e. The number of hydrogen-bond donors (Lipinski definition) is 2. The molecule has 0 fully saturated rings. The summed E-state index contributed by atoms with van der Waals surface area (Å²) in [7, 11) is 1.60. The molecule has 0 spiro atoms. The first-order valence-electron chi connectivity index (χ1n) is 7.89. The van der Waals surface area contributed by atoms with Gasteiger partial charge in [0.15, 0.2) is 0 Å². The SMILES string of the molecule is COc1ccc(C(O)CNC(=O)c2ccc3c(c2)CCC3)cc1. The van der Waals surface area contributed by atoms with Crippen LogP contribution in [0.2, 0.25) is 0 Å². The van der Waals surface area contributed by atoms with E-state index >= 15 is 0 Å². The van der Waals surface area contributed by atoms with Gasteiger partial charge < -0.3 is 15.2 Å². The molecule has 1 atom stereocenters. The maximum atomic E-state index is 12.2. The average molecular weight is 311 g/mol. The van der Waals surface area contributed by atoms with Crippen molar-refractivity contribution in [3.63, 3.8) is 0 Å². The van der Waals surface area contributed by atoms with E-state index in [0.29, 0.717) is 5.56 Å². The van der Waals surface area contributed by atoms with Gasteiger partial charge in [0, 0.05) is 12.1 Å². The number of hydrogen-bond acceptors (Lipinski definition) is 3. The molecular weight excluding hydrogens is 290 g/mol. The molecule has 4 heteroatoms. The van der Waals surface area contributed by atoms with Crippen molar-refractivity contribution >= 4 is 5.91 Å². The second kappa shape index (κ2) is 6.84. The Morgan fingerprint density at radius 2 is 1.91 bits per heavy atom. The minimum absolute atomic E-state index is 0.146. The van der Waals surface area contributed by atoms with Gasteiger partial charge in [-0.15, -0.1) is 0 Å². The molecule has 4 nitrogen and oxygen atoms in total. The molecule has 2 N–H and O–H groups in total. The number of ether oxygens (including phenoxy) is 1. The topological polar surface area (TPSA) is 58.6 Å². The van der Waals surface area contributed by atoms with Gasteiger partial charge in [0.05, 0.1) is 13.2 Å². The van der Waals surface area contributed by atoms with Gasteiger partial charge in [-0.2, -0.15) is 0 Å². The Kier molecular flexibility index (Phi) is 4.63. The van der Waals surface area contributed by atoms with Crippen molar-refractivity contribution < 1.29 is 14.6 Å². The van der Waals surface area contributed by atoms with Crippen molar-refractivity contribution in [3.8, 4) is 5.75 Å². The molecule has 1 unspecified atom stereocenters. The number of carbonyl (C=O) groups excluding carboxylic acids is 1. The molecule has 0 aliphatic heterocycles. The van der Waals surface area contributed by atoms with E-state index in [9.17, 15) is 9.90 Å². The number of benzene rings is 2. The van der Waals surface area contributed by atoms with Crippen LogP contribution in [0, 0.1) is 0 Å². The van der Waals surface area contributed by atoms with Gasteiger partial charge in [0.2, 0.25) is 0 Å². The van der Waals surface area contributed by atoms with E-state index in [-0.39, 0.29) is 12.5 Å². The maximum Gasteiger partial charge on any atom is 0.251 e. The maximum absolute atomic E-state index is 12.2. The lowest BCUT2D eigenvalue weighted by Gasteiger charge is -2.13. The summed E-state index contributed by atoms with van der Waals surface area (Å²) in [6.45, 7) is 0.183. The predicted molar refractivity (Wildman–Crippen MR) is 88.8 cm³/mol. The first-order valence-corrected chi connectivity index (χ1v) is 7.89.